The summed E-state index contributed by atoms with van der Waals surface area (Å²) < 4.78 is 6.13. The summed E-state index contributed by atoms with van der Waals surface area (Å²) in [6.07, 6.45) is -0.102. The molecule has 0 radical (unpaired) electrons. The van der Waals surface area contributed by atoms with E-state index in [1.807, 2.05) is 0 Å². The second-order valence-corrected chi connectivity index (χ2v) is 5.45. The van der Waals surface area contributed by atoms with Crippen LogP contribution in [0.4, 0.5) is 0 Å². The normalized spacial score (nSPS) is 12.2. The van der Waals surface area contributed by atoms with E-state index >= 15 is 0 Å². The smallest absolute Gasteiger partial charge is 0.136 e. The molecule has 0 saturated carbocycles. The molecule has 2 aromatic rings. The first kappa shape index (κ1) is 14.6. The van der Waals surface area contributed by atoms with Crippen LogP contribution in [0.25, 0.3) is 0 Å². The first-order valence-corrected chi connectivity index (χ1v) is 7.02. The van der Waals surface area contributed by atoms with Crippen LogP contribution in [-0.2, 0) is 0 Å². The SMILES string of the molecule is Cc1ccc(C)c(OC(CN)c2ccc(C)c(C)c2)c1. The highest BCUT2D eigenvalue weighted by Gasteiger charge is 2.13. The van der Waals surface area contributed by atoms with Crippen molar-refractivity contribution in [3.8, 4) is 5.75 Å². The first-order chi connectivity index (χ1) is 9.51. The summed E-state index contributed by atoms with van der Waals surface area (Å²) >= 11 is 0. The summed E-state index contributed by atoms with van der Waals surface area (Å²) in [5.41, 5.74) is 11.9. The van der Waals surface area contributed by atoms with Crippen LogP contribution in [-0.4, -0.2) is 6.54 Å². The summed E-state index contributed by atoms with van der Waals surface area (Å²) in [5.74, 6) is 0.915. The Balaban J connectivity index is 2.28. The lowest BCUT2D eigenvalue weighted by Gasteiger charge is -2.20. The lowest BCUT2D eigenvalue weighted by atomic mass is 10.0. The summed E-state index contributed by atoms with van der Waals surface area (Å²) in [5, 5.41) is 0. The monoisotopic (exact) mass is 269 g/mol. The van der Waals surface area contributed by atoms with Gasteiger partial charge in [-0.3, -0.25) is 0 Å². The number of hydrogen-bond donors (Lipinski definition) is 1. The van der Waals surface area contributed by atoms with Crippen LogP contribution in [0.5, 0.6) is 5.75 Å². The molecule has 0 aromatic heterocycles. The van der Waals surface area contributed by atoms with Crippen LogP contribution in [0.1, 0.15) is 33.9 Å². The van der Waals surface area contributed by atoms with Crippen LogP contribution in [0, 0.1) is 27.7 Å². The van der Waals surface area contributed by atoms with E-state index in [1.165, 1.54) is 16.7 Å². The molecule has 2 aromatic carbocycles. The maximum Gasteiger partial charge on any atom is 0.136 e. The standard InChI is InChI=1S/C18H23NO/c1-12-5-6-14(3)17(9-12)20-18(11-19)16-8-7-13(2)15(4)10-16/h5-10,18H,11,19H2,1-4H3. The minimum Gasteiger partial charge on any atom is -0.484 e. The highest BCUT2D eigenvalue weighted by Crippen LogP contribution is 2.26. The molecular formula is C18H23NO. The van der Waals surface area contributed by atoms with Crippen molar-refractivity contribution >= 4 is 0 Å². The highest BCUT2D eigenvalue weighted by molar-refractivity contribution is 5.37. The number of rotatable bonds is 4. The highest BCUT2D eigenvalue weighted by atomic mass is 16.5. The summed E-state index contributed by atoms with van der Waals surface area (Å²) in [7, 11) is 0. The van der Waals surface area contributed by atoms with Gasteiger partial charge in [-0.1, -0.05) is 30.3 Å². The fraction of sp³-hybridized carbons (Fsp3) is 0.333. The number of nitrogens with two attached hydrogens (primary N) is 1. The van der Waals surface area contributed by atoms with Gasteiger partial charge in [0.15, 0.2) is 0 Å². The number of aryl methyl sites for hydroxylation is 4. The molecule has 106 valence electrons. The van der Waals surface area contributed by atoms with Crippen molar-refractivity contribution in [1.82, 2.24) is 0 Å². The largest absolute Gasteiger partial charge is 0.484 e. The zero-order chi connectivity index (χ0) is 14.7. The molecular weight excluding hydrogens is 246 g/mol. The molecule has 0 amide bonds. The zero-order valence-corrected chi connectivity index (χ0v) is 12.7. The Morgan fingerprint density at radius 3 is 2.25 bits per heavy atom. The Labute approximate surface area is 121 Å². The van der Waals surface area contributed by atoms with Gasteiger partial charge >= 0.3 is 0 Å². The van der Waals surface area contributed by atoms with Crippen molar-refractivity contribution < 1.29 is 4.74 Å². The minimum absolute atomic E-state index is 0.102. The average molecular weight is 269 g/mol. The predicted octanol–water partition coefficient (Wildman–Crippen LogP) is 4.00. The lowest BCUT2D eigenvalue weighted by molar-refractivity contribution is 0.212. The molecule has 1 atom stereocenters. The van der Waals surface area contributed by atoms with E-state index < -0.39 is 0 Å². The van der Waals surface area contributed by atoms with Crippen LogP contribution in [0.15, 0.2) is 36.4 Å². The van der Waals surface area contributed by atoms with E-state index in [0.29, 0.717) is 6.54 Å². The molecule has 2 nitrogen and oxygen atoms in total. The zero-order valence-electron chi connectivity index (χ0n) is 12.7. The van der Waals surface area contributed by atoms with Gasteiger partial charge in [-0.05, 0) is 61.6 Å². The maximum atomic E-state index is 6.13. The Bertz CT molecular complexity index is 604. The van der Waals surface area contributed by atoms with E-state index in [0.717, 1.165) is 16.9 Å². The quantitative estimate of drug-likeness (QED) is 0.910. The van der Waals surface area contributed by atoms with Crippen LogP contribution < -0.4 is 10.5 Å². The van der Waals surface area contributed by atoms with Crippen molar-refractivity contribution in [3.63, 3.8) is 0 Å². The van der Waals surface area contributed by atoms with Gasteiger partial charge in [-0.25, -0.2) is 0 Å². The molecule has 2 N–H and O–H groups in total. The third kappa shape index (κ3) is 3.20. The number of ether oxygens (including phenoxy) is 1. The average Bonchev–Trinajstić information content (AvgIpc) is 2.43. The topological polar surface area (TPSA) is 35.2 Å². The molecule has 0 saturated heterocycles. The molecule has 2 heteroatoms. The maximum absolute atomic E-state index is 6.13. The third-order valence-corrected chi connectivity index (χ3v) is 3.73. The molecule has 0 heterocycles. The van der Waals surface area contributed by atoms with Gasteiger partial charge in [0, 0.05) is 6.54 Å². The van der Waals surface area contributed by atoms with Gasteiger partial charge in [0.2, 0.25) is 0 Å². The molecule has 0 bridgehead atoms. The predicted molar refractivity (Wildman–Crippen MR) is 84.3 cm³/mol. The van der Waals surface area contributed by atoms with Crippen molar-refractivity contribution in [2.24, 2.45) is 5.73 Å². The Hall–Kier alpha value is -1.80. The van der Waals surface area contributed by atoms with Gasteiger partial charge in [-0.15, -0.1) is 0 Å². The summed E-state index contributed by atoms with van der Waals surface area (Å²) in [6.45, 7) is 8.82. The van der Waals surface area contributed by atoms with E-state index in [1.54, 1.807) is 0 Å². The second-order valence-electron chi connectivity index (χ2n) is 5.45. The van der Waals surface area contributed by atoms with Crippen molar-refractivity contribution in [3.05, 3.63) is 64.2 Å². The third-order valence-electron chi connectivity index (χ3n) is 3.73. The van der Waals surface area contributed by atoms with Crippen LogP contribution in [0.2, 0.25) is 0 Å². The number of hydrogen-bond acceptors (Lipinski definition) is 2. The lowest BCUT2D eigenvalue weighted by Crippen LogP contribution is -2.19. The van der Waals surface area contributed by atoms with E-state index in [9.17, 15) is 0 Å². The molecule has 1 unspecified atom stereocenters. The van der Waals surface area contributed by atoms with Crippen molar-refractivity contribution in [2.75, 3.05) is 6.54 Å². The molecule has 0 fully saturated rings. The molecule has 0 aliphatic heterocycles. The number of benzene rings is 2. The van der Waals surface area contributed by atoms with E-state index in [4.69, 9.17) is 10.5 Å². The van der Waals surface area contributed by atoms with E-state index in [-0.39, 0.29) is 6.10 Å². The Morgan fingerprint density at radius 2 is 1.60 bits per heavy atom. The minimum atomic E-state index is -0.102. The molecule has 2 rings (SSSR count). The van der Waals surface area contributed by atoms with Gasteiger partial charge in [0.25, 0.3) is 0 Å². The Kier molecular flexibility index (Phi) is 4.46. The fourth-order valence-electron chi connectivity index (χ4n) is 2.20. The Morgan fingerprint density at radius 1 is 0.900 bits per heavy atom. The van der Waals surface area contributed by atoms with Gasteiger partial charge in [0.05, 0.1) is 0 Å². The van der Waals surface area contributed by atoms with E-state index in [2.05, 4.69) is 64.1 Å². The molecule has 0 aliphatic rings. The summed E-state index contributed by atoms with van der Waals surface area (Å²) in [6, 6.07) is 12.6. The fourth-order valence-corrected chi connectivity index (χ4v) is 2.20. The summed E-state index contributed by atoms with van der Waals surface area (Å²) in [4.78, 5) is 0. The van der Waals surface area contributed by atoms with Gasteiger partial charge < -0.3 is 10.5 Å². The van der Waals surface area contributed by atoms with Gasteiger partial charge in [0.1, 0.15) is 11.9 Å². The van der Waals surface area contributed by atoms with Crippen molar-refractivity contribution in [2.45, 2.75) is 33.8 Å². The van der Waals surface area contributed by atoms with Crippen molar-refractivity contribution in [1.29, 1.82) is 0 Å². The molecule has 0 spiro atoms. The van der Waals surface area contributed by atoms with Crippen LogP contribution in [0.3, 0.4) is 0 Å². The first-order valence-electron chi connectivity index (χ1n) is 7.02. The molecule has 0 aliphatic carbocycles. The molecule has 20 heavy (non-hydrogen) atoms. The second kappa shape index (κ2) is 6.10. The van der Waals surface area contributed by atoms with Gasteiger partial charge in [-0.2, -0.15) is 0 Å². The van der Waals surface area contributed by atoms with Crippen LogP contribution >= 0.6 is 0 Å².